The van der Waals surface area contributed by atoms with E-state index in [-0.39, 0.29) is 12.3 Å². The average molecular weight is 569 g/mol. The first kappa shape index (κ1) is 28.4. The van der Waals surface area contributed by atoms with E-state index in [1.54, 1.807) is 14.2 Å². The molecule has 40 heavy (non-hydrogen) atoms. The first-order valence-electron chi connectivity index (χ1n) is 13.7. The number of ether oxygens (including phenoxy) is 3. The number of piperidine rings is 1. The van der Waals surface area contributed by atoms with Gasteiger partial charge in [-0.15, -0.1) is 0 Å². The van der Waals surface area contributed by atoms with Gasteiger partial charge in [-0.3, -0.25) is 4.57 Å². The molecule has 3 heterocycles. The number of fused-ring (bicyclic) bond motifs is 3. The Bertz CT molecular complexity index is 1490. The predicted octanol–water partition coefficient (Wildman–Crippen LogP) is 5.55. The number of pyridine rings is 1. The zero-order valence-electron chi connectivity index (χ0n) is 23.5. The Kier molecular flexibility index (Phi) is 8.90. The molecule has 0 unspecified atom stereocenters. The van der Waals surface area contributed by atoms with Gasteiger partial charge in [-0.2, -0.15) is 0 Å². The van der Waals surface area contributed by atoms with Crippen LogP contribution in [0.5, 0.6) is 17.4 Å². The van der Waals surface area contributed by atoms with Gasteiger partial charge in [0.05, 0.1) is 51.0 Å². The van der Waals surface area contributed by atoms with Crippen LogP contribution in [0.15, 0.2) is 42.7 Å². The number of aromatic nitrogens is 3. The lowest BCUT2D eigenvalue weighted by Gasteiger charge is -2.23. The molecule has 0 saturated carbocycles. The Morgan fingerprint density at radius 2 is 1.62 bits per heavy atom. The van der Waals surface area contributed by atoms with Gasteiger partial charge in [0.1, 0.15) is 6.10 Å². The Morgan fingerprint density at radius 1 is 0.975 bits per heavy atom. The topological polar surface area (TPSA) is 106 Å². The van der Waals surface area contributed by atoms with Crippen LogP contribution in [0.25, 0.3) is 21.9 Å². The zero-order valence-corrected chi connectivity index (χ0v) is 24.4. The normalized spacial score (nSPS) is 14.6. The highest BCUT2D eigenvalue weighted by atomic mass is 31.2. The Morgan fingerprint density at radius 3 is 2.27 bits per heavy atom. The van der Waals surface area contributed by atoms with E-state index < -0.39 is 7.60 Å². The zero-order chi connectivity index (χ0) is 28.1. The molecule has 1 saturated heterocycles. The second kappa shape index (κ2) is 12.6. The van der Waals surface area contributed by atoms with Gasteiger partial charge in [0.25, 0.3) is 0 Å². The number of hydrogen-bond donors (Lipinski definition) is 1. The molecule has 1 N–H and O–H groups in total. The first-order chi connectivity index (χ1) is 19.5. The highest BCUT2D eigenvalue weighted by Crippen LogP contribution is 2.51. The number of nitrogens with zero attached hydrogens (tertiary/aromatic N) is 3. The predicted molar refractivity (Wildman–Crippen MR) is 155 cm³/mol. The van der Waals surface area contributed by atoms with Crippen LogP contribution in [0.4, 0.5) is 0 Å². The van der Waals surface area contributed by atoms with Crippen molar-refractivity contribution in [1.29, 1.82) is 0 Å². The summed E-state index contributed by atoms with van der Waals surface area (Å²) in [5.41, 5.74) is 4.33. The summed E-state index contributed by atoms with van der Waals surface area (Å²) in [6.45, 7) is 6.72. The fourth-order valence-electron chi connectivity index (χ4n) is 5.10. The Labute approximate surface area is 234 Å². The molecule has 214 valence electrons. The number of rotatable bonds is 12. The van der Waals surface area contributed by atoms with Crippen molar-refractivity contribution in [3.05, 3.63) is 53.9 Å². The highest BCUT2D eigenvalue weighted by molar-refractivity contribution is 7.53. The Balaban J connectivity index is 1.51. The quantitative estimate of drug-likeness (QED) is 0.220. The van der Waals surface area contributed by atoms with Crippen LogP contribution in [-0.2, 0) is 26.3 Å². The lowest BCUT2D eigenvalue weighted by Crippen LogP contribution is -2.34. The van der Waals surface area contributed by atoms with Gasteiger partial charge in [-0.25, -0.2) is 9.97 Å². The lowest BCUT2D eigenvalue weighted by atomic mass is 10.1. The maximum absolute atomic E-state index is 13.0. The SMILES string of the molecule is CCOP(=O)(Cc1ccc(Cn2cnc3c(OC4CCNCC4)nc4cc(OC)c(OC)cc4c32)cc1)OCC. The van der Waals surface area contributed by atoms with E-state index in [2.05, 4.69) is 9.88 Å². The van der Waals surface area contributed by atoms with Crippen LogP contribution in [0, 0.1) is 0 Å². The van der Waals surface area contributed by atoms with E-state index >= 15 is 0 Å². The van der Waals surface area contributed by atoms with Gasteiger partial charge in [-0.1, -0.05) is 24.3 Å². The van der Waals surface area contributed by atoms with Crippen molar-refractivity contribution < 1.29 is 27.8 Å². The molecular weight excluding hydrogens is 531 g/mol. The summed E-state index contributed by atoms with van der Waals surface area (Å²) in [5, 5.41) is 4.27. The summed E-state index contributed by atoms with van der Waals surface area (Å²) in [5.74, 6) is 1.75. The molecule has 1 fully saturated rings. The molecule has 0 spiro atoms. The fourth-order valence-corrected chi connectivity index (χ4v) is 6.80. The third kappa shape index (κ3) is 6.10. The summed E-state index contributed by atoms with van der Waals surface area (Å²) in [7, 11) is 0.0672. The number of methoxy groups -OCH3 is 2. The summed E-state index contributed by atoms with van der Waals surface area (Å²) in [6, 6.07) is 11.8. The van der Waals surface area contributed by atoms with Gasteiger partial charge in [0.15, 0.2) is 17.0 Å². The minimum atomic E-state index is -3.17. The van der Waals surface area contributed by atoms with Gasteiger partial charge < -0.3 is 33.1 Å². The number of benzene rings is 2. The second-order valence-electron chi connectivity index (χ2n) is 9.70. The van der Waals surface area contributed by atoms with Gasteiger partial charge in [-0.05, 0) is 57.0 Å². The van der Waals surface area contributed by atoms with Crippen molar-refractivity contribution in [3.63, 3.8) is 0 Å². The molecular formula is C29H37N4O6P. The summed E-state index contributed by atoms with van der Waals surface area (Å²) >= 11 is 0. The third-order valence-corrected chi connectivity index (χ3v) is 9.04. The lowest BCUT2D eigenvalue weighted by molar-refractivity contribution is 0.158. The molecule has 5 rings (SSSR count). The third-order valence-electron chi connectivity index (χ3n) is 6.99. The minimum Gasteiger partial charge on any atom is -0.493 e. The largest absolute Gasteiger partial charge is 0.493 e. The van der Waals surface area contributed by atoms with E-state index in [9.17, 15) is 4.57 Å². The van der Waals surface area contributed by atoms with E-state index in [0.29, 0.717) is 42.7 Å². The molecule has 0 radical (unpaired) electrons. The summed E-state index contributed by atoms with van der Waals surface area (Å²) in [4.78, 5) is 9.63. The number of hydrogen-bond acceptors (Lipinski definition) is 9. The smallest absolute Gasteiger partial charge is 0.335 e. The van der Waals surface area contributed by atoms with Crippen LogP contribution in [0.1, 0.15) is 37.8 Å². The monoisotopic (exact) mass is 568 g/mol. The maximum Gasteiger partial charge on any atom is 0.335 e. The van der Waals surface area contributed by atoms with Gasteiger partial charge in [0.2, 0.25) is 5.88 Å². The molecule has 0 amide bonds. The molecule has 0 bridgehead atoms. The summed E-state index contributed by atoms with van der Waals surface area (Å²) in [6.07, 6.45) is 3.97. The number of imidazole rings is 1. The van der Waals surface area contributed by atoms with Crippen LogP contribution in [0.2, 0.25) is 0 Å². The van der Waals surface area contributed by atoms with Crippen LogP contribution in [-0.4, -0.2) is 61.2 Å². The molecule has 0 atom stereocenters. The van der Waals surface area contributed by atoms with Gasteiger partial charge >= 0.3 is 7.60 Å². The average Bonchev–Trinajstić information content (AvgIpc) is 3.38. The Hall–Kier alpha value is -3.17. The van der Waals surface area contributed by atoms with Gasteiger partial charge in [0, 0.05) is 18.0 Å². The van der Waals surface area contributed by atoms with Crippen LogP contribution < -0.4 is 19.5 Å². The van der Waals surface area contributed by atoms with Crippen molar-refractivity contribution in [3.8, 4) is 17.4 Å². The van der Waals surface area contributed by atoms with E-state index in [4.69, 9.17) is 33.2 Å². The van der Waals surface area contributed by atoms with Crippen LogP contribution >= 0.6 is 7.60 Å². The molecule has 10 nitrogen and oxygen atoms in total. The standard InChI is InChI=1S/C29H37N4O6P/c1-5-37-40(34,38-6-2)18-21-9-7-20(8-10-21)17-33-19-31-27-28(33)23-15-25(35-3)26(36-4)16-24(23)32-29(27)39-22-11-13-30-14-12-22/h7-10,15-16,19,22,30H,5-6,11-14,17-18H2,1-4H3. The molecule has 1 aliphatic heterocycles. The van der Waals surface area contributed by atoms with E-state index in [1.165, 1.54) is 0 Å². The van der Waals surface area contributed by atoms with Crippen molar-refractivity contribution in [1.82, 2.24) is 19.9 Å². The van der Waals surface area contributed by atoms with Crippen molar-refractivity contribution in [2.24, 2.45) is 0 Å². The maximum atomic E-state index is 13.0. The molecule has 2 aromatic carbocycles. The second-order valence-corrected chi connectivity index (χ2v) is 11.8. The van der Waals surface area contributed by atoms with E-state index in [0.717, 1.165) is 53.5 Å². The van der Waals surface area contributed by atoms with Crippen LogP contribution in [0.3, 0.4) is 0 Å². The molecule has 11 heteroatoms. The van der Waals surface area contributed by atoms with Crippen molar-refractivity contribution >= 4 is 29.5 Å². The molecule has 0 aliphatic carbocycles. The van der Waals surface area contributed by atoms with E-state index in [1.807, 2.05) is 56.6 Å². The summed E-state index contributed by atoms with van der Waals surface area (Å²) < 4.78 is 43.6. The fraction of sp³-hybridized carbons (Fsp3) is 0.448. The first-order valence-corrected chi connectivity index (χ1v) is 15.4. The van der Waals surface area contributed by atoms with Crippen molar-refractivity contribution in [2.75, 3.05) is 40.5 Å². The molecule has 2 aromatic heterocycles. The molecule has 1 aliphatic rings. The minimum absolute atomic E-state index is 0.0802. The van der Waals surface area contributed by atoms with Crippen molar-refractivity contribution in [2.45, 2.75) is 45.5 Å². The highest BCUT2D eigenvalue weighted by Gasteiger charge is 2.24. The molecule has 4 aromatic rings. The number of nitrogens with one attached hydrogen (secondary N) is 1.